The van der Waals surface area contributed by atoms with Crippen molar-refractivity contribution in [2.75, 3.05) is 16.3 Å². The molecule has 0 saturated carbocycles. The van der Waals surface area contributed by atoms with E-state index in [4.69, 9.17) is 0 Å². The molecule has 5 aromatic carbocycles. The number of rotatable bonds is 5. The van der Waals surface area contributed by atoms with E-state index in [1.807, 2.05) is 43.5 Å². The summed E-state index contributed by atoms with van der Waals surface area (Å²) in [5.74, 6) is 0. The van der Waals surface area contributed by atoms with Crippen molar-refractivity contribution in [3.8, 4) is 11.3 Å². The van der Waals surface area contributed by atoms with Gasteiger partial charge in [-0.25, -0.2) is 0 Å². The molecule has 0 radical (unpaired) electrons. The molecule has 1 aliphatic heterocycles. The van der Waals surface area contributed by atoms with E-state index in [2.05, 4.69) is 130 Å². The van der Waals surface area contributed by atoms with Crippen LogP contribution in [-0.2, 0) is 20.1 Å². The average Bonchev–Trinajstić information content (AvgIpc) is 3.76. The van der Waals surface area contributed by atoms with Crippen LogP contribution in [0.25, 0.3) is 49.4 Å². The summed E-state index contributed by atoms with van der Waals surface area (Å²) in [6.07, 6.45) is 4.23. The van der Waals surface area contributed by atoms with Gasteiger partial charge in [0.25, 0.3) is 0 Å². The number of aryl methyl sites for hydroxylation is 1. The van der Waals surface area contributed by atoms with Gasteiger partial charge in [0.2, 0.25) is 0 Å². The number of nitrogens with zero attached hydrogens (tertiary/aromatic N) is 4. The van der Waals surface area contributed by atoms with Crippen molar-refractivity contribution in [1.29, 1.82) is 0 Å². The standard InChI is InChI=1S/C29H23N3.C12H10N.Ir/c1-2-3-18-30-19-31(25-15-7-6-14-24(25)30)26-16-9-17-27-28(26)22-12-8-11-21-20-10-4-5-13-23(20)32(27)29(21)22;1-10-7-8-12(13-9-10)11-5-3-2-4-6-11;/h4-15,17,19H,2-3,18H2,1H3;2-5,7-9H,1H3;/q-2;-1;+3. The molecule has 0 atom stereocenters. The van der Waals surface area contributed by atoms with Crippen LogP contribution in [0.15, 0.2) is 121 Å². The van der Waals surface area contributed by atoms with Gasteiger partial charge in [0.1, 0.15) is 0 Å². The quantitative estimate of drug-likeness (QED) is 0.163. The third-order valence-corrected chi connectivity index (χ3v) is 8.75. The first kappa shape index (κ1) is 30.0. The molecule has 46 heavy (non-hydrogen) atoms. The van der Waals surface area contributed by atoms with Crippen molar-refractivity contribution >= 4 is 55.2 Å². The fourth-order valence-corrected chi connectivity index (χ4v) is 6.63. The second-order valence-corrected chi connectivity index (χ2v) is 11.7. The molecule has 1 aliphatic rings. The third-order valence-electron chi connectivity index (χ3n) is 8.75. The number of hydrogen-bond acceptors (Lipinski definition) is 3. The van der Waals surface area contributed by atoms with Gasteiger partial charge in [0, 0.05) is 33.9 Å². The van der Waals surface area contributed by atoms with Crippen molar-refractivity contribution in [2.24, 2.45) is 0 Å². The Labute approximate surface area is 283 Å². The van der Waals surface area contributed by atoms with Gasteiger partial charge in [-0.2, -0.15) is 18.8 Å². The maximum atomic E-state index is 4.32. The van der Waals surface area contributed by atoms with Crippen LogP contribution in [0.3, 0.4) is 0 Å². The van der Waals surface area contributed by atoms with E-state index in [1.54, 1.807) is 0 Å². The van der Waals surface area contributed by atoms with Crippen LogP contribution in [-0.4, -0.2) is 15.9 Å². The fraction of sp³-hybridized carbons (Fsp3) is 0.122. The minimum absolute atomic E-state index is 0. The van der Waals surface area contributed by atoms with Crippen LogP contribution in [0, 0.1) is 25.7 Å². The maximum Gasteiger partial charge on any atom is 3.00 e. The minimum Gasteiger partial charge on any atom is -0.501 e. The van der Waals surface area contributed by atoms with Gasteiger partial charge in [-0.3, -0.25) is 0 Å². The number of unbranched alkanes of at least 4 members (excludes halogenated alkanes) is 1. The van der Waals surface area contributed by atoms with E-state index >= 15 is 0 Å². The Morgan fingerprint density at radius 3 is 2.30 bits per heavy atom. The molecular formula is C41H33IrN4. The molecule has 0 fully saturated rings. The van der Waals surface area contributed by atoms with Crippen LogP contribution in [0.1, 0.15) is 25.3 Å². The molecule has 0 unspecified atom stereocenters. The van der Waals surface area contributed by atoms with Crippen molar-refractivity contribution in [3.05, 3.63) is 146 Å². The van der Waals surface area contributed by atoms with Crippen LogP contribution in [0.4, 0.5) is 17.1 Å². The first-order chi connectivity index (χ1) is 22.2. The smallest absolute Gasteiger partial charge is 0.501 e. The van der Waals surface area contributed by atoms with E-state index < -0.39 is 0 Å². The number of benzene rings is 5. The molecule has 0 N–H and O–H groups in total. The van der Waals surface area contributed by atoms with Gasteiger partial charge in [0.15, 0.2) is 0 Å². The predicted molar refractivity (Wildman–Crippen MR) is 188 cm³/mol. The van der Waals surface area contributed by atoms with Crippen LogP contribution in [0.5, 0.6) is 0 Å². The summed E-state index contributed by atoms with van der Waals surface area (Å²) in [7, 11) is 0. The molecule has 0 saturated heterocycles. The Kier molecular flexibility index (Phi) is 8.21. The number of fused-ring (bicyclic) bond motifs is 7. The number of anilines is 3. The van der Waals surface area contributed by atoms with E-state index in [0.29, 0.717) is 0 Å². The van der Waals surface area contributed by atoms with Crippen molar-refractivity contribution in [3.63, 3.8) is 0 Å². The Hall–Kier alpha value is -4.70. The maximum absolute atomic E-state index is 4.32. The Morgan fingerprint density at radius 2 is 1.50 bits per heavy atom. The molecular weight excluding hydrogens is 741 g/mol. The average molecular weight is 774 g/mol. The van der Waals surface area contributed by atoms with Gasteiger partial charge >= 0.3 is 20.1 Å². The monoisotopic (exact) mass is 774 g/mol. The summed E-state index contributed by atoms with van der Waals surface area (Å²) in [5.41, 5.74) is 10.6. The number of pyridine rings is 1. The number of aromatic nitrogens is 2. The fourth-order valence-electron chi connectivity index (χ4n) is 6.63. The zero-order valence-electron chi connectivity index (χ0n) is 25.9. The van der Waals surface area contributed by atoms with Crippen molar-refractivity contribution < 1.29 is 20.1 Å². The van der Waals surface area contributed by atoms with Crippen molar-refractivity contribution in [1.82, 2.24) is 9.38 Å². The van der Waals surface area contributed by atoms with Gasteiger partial charge < -0.3 is 19.2 Å². The summed E-state index contributed by atoms with van der Waals surface area (Å²) in [6.45, 7) is 7.57. The Morgan fingerprint density at radius 1 is 0.717 bits per heavy atom. The molecule has 0 bridgehead atoms. The third kappa shape index (κ3) is 5.01. The van der Waals surface area contributed by atoms with Gasteiger partial charge in [-0.05, 0) is 54.7 Å². The van der Waals surface area contributed by atoms with Gasteiger partial charge in [-0.15, -0.1) is 42.0 Å². The summed E-state index contributed by atoms with van der Waals surface area (Å²) < 4.78 is 2.43. The molecule has 4 nitrogen and oxygen atoms in total. The second-order valence-electron chi connectivity index (χ2n) is 11.7. The molecule has 0 aliphatic carbocycles. The molecule has 226 valence electrons. The van der Waals surface area contributed by atoms with Gasteiger partial charge in [0.05, 0.1) is 5.52 Å². The largest absolute Gasteiger partial charge is 3.00 e. The van der Waals surface area contributed by atoms with E-state index in [-0.39, 0.29) is 20.1 Å². The van der Waals surface area contributed by atoms with Crippen LogP contribution in [0.2, 0.25) is 0 Å². The number of para-hydroxylation sites is 4. The molecule has 0 amide bonds. The first-order valence-corrected chi connectivity index (χ1v) is 15.7. The van der Waals surface area contributed by atoms with E-state index in [1.165, 1.54) is 67.9 Å². The molecule has 9 rings (SSSR count). The molecule has 3 aromatic heterocycles. The zero-order valence-corrected chi connectivity index (χ0v) is 28.3. The predicted octanol–water partition coefficient (Wildman–Crippen LogP) is 10.4. The summed E-state index contributed by atoms with van der Waals surface area (Å²) in [4.78, 5) is 9.03. The molecule has 0 spiro atoms. The Balaban J connectivity index is 0.000000204. The first-order valence-electron chi connectivity index (χ1n) is 15.7. The van der Waals surface area contributed by atoms with Crippen molar-refractivity contribution in [2.45, 2.75) is 26.7 Å². The van der Waals surface area contributed by atoms with E-state index in [9.17, 15) is 0 Å². The molecule has 5 heteroatoms. The second kappa shape index (κ2) is 12.6. The molecule has 4 heterocycles. The zero-order chi connectivity index (χ0) is 30.3. The molecule has 8 aromatic rings. The summed E-state index contributed by atoms with van der Waals surface area (Å²) in [6, 6.07) is 47.1. The minimum atomic E-state index is 0. The van der Waals surface area contributed by atoms with Crippen LogP contribution < -0.4 is 9.80 Å². The topological polar surface area (TPSA) is 23.8 Å². The van der Waals surface area contributed by atoms with E-state index in [0.717, 1.165) is 23.5 Å². The number of hydrogen-bond donors (Lipinski definition) is 0. The SMILES string of the molecule is CCCCN1[CH-]N(c2[c-]ccc3c2c2cccc4c5ccccc5n3c42)c2ccccc21.Cc1ccc(-c2[c-]cccc2)nc1.[Ir+3]. The normalized spacial score (nSPS) is 12.5. The Bertz CT molecular complexity index is 2260. The summed E-state index contributed by atoms with van der Waals surface area (Å²) >= 11 is 0. The van der Waals surface area contributed by atoms with Gasteiger partial charge in [-0.1, -0.05) is 90.6 Å². The van der Waals surface area contributed by atoms with Crippen LogP contribution >= 0.6 is 0 Å². The summed E-state index contributed by atoms with van der Waals surface area (Å²) in [5, 5.41) is 5.18.